The first kappa shape index (κ1) is 17.2. The summed E-state index contributed by atoms with van der Waals surface area (Å²) < 4.78 is 41.3. The number of amides is 1. The van der Waals surface area contributed by atoms with E-state index in [2.05, 4.69) is 4.72 Å². The fourth-order valence-corrected chi connectivity index (χ4v) is 4.94. The molecule has 0 spiro atoms. The largest absolute Gasteiger partial charge is 0.308 e. The van der Waals surface area contributed by atoms with Crippen LogP contribution in [0.15, 0.2) is 34.5 Å². The number of anilines is 2. The molecule has 9 heteroatoms. The summed E-state index contributed by atoms with van der Waals surface area (Å²) in [6, 6.07) is 6.55. The van der Waals surface area contributed by atoms with Crippen molar-refractivity contribution >= 4 is 50.2 Å². The van der Waals surface area contributed by atoms with Gasteiger partial charge in [0.1, 0.15) is 10.0 Å². The fourth-order valence-electron chi connectivity index (χ4n) is 2.39. The minimum atomic E-state index is -3.92. The molecule has 1 heterocycles. The molecule has 1 aromatic carbocycles. The van der Waals surface area contributed by atoms with Gasteiger partial charge in [-0.15, -0.1) is 11.3 Å². The van der Waals surface area contributed by atoms with E-state index < -0.39 is 15.8 Å². The molecule has 0 saturated heterocycles. The summed E-state index contributed by atoms with van der Waals surface area (Å²) in [5.41, 5.74) is 0.374. The lowest BCUT2D eigenvalue weighted by atomic mass is 10.2. The number of thiophene rings is 1. The van der Waals surface area contributed by atoms with E-state index in [1.165, 1.54) is 36.1 Å². The zero-order valence-electron chi connectivity index (χ0n) is 12.6. The maximum Gasteiger partial charge on any atom is 0.271 e. The minimum Gasteiger partial charge on any atom is -0.308 e. The van der Waals surface area contributed by atoms with Crippen molar-refractivity contribution in [3.8, 4) is 0 Å². The Morgan fingerprint density at radius 3 is 2.58 bits per heavy atom. The maximum atomic E-state index is 13.7. The van der Waals surface area contributed by atoms with Crippen LogP contribution in [0.1, 0.15) is 19.8 Å². The monoisotopic (exact) mass is 388 g/mol. The van der Waals surface area contributed by atoms with Crippen LogP contribution >= 0.6 is 22.9 Å². The van der Waals surface area contributed by atoms with Crippen molar-refractivity contribution in [2.75, 3.05) is 9.62 Å². The van der Waals surface area contributed by atoms with Crippen molar-refractivity contribution in [1.29, 1.82) is 0 Å². The molecule has 1 N–H and O–H groups in total. The van der Waals surface area contributed by atoms with Gasteiger partial charge in [0.2, 0.25) is 5.91 Å². The van der Waals surface area contributed by atoms with Gasteiger partial charge < -0.3 is 4.90 Å². The number of hydrogen-bond acceptors (Lipinski definition) is 4. The number of nitrogens with one attached hydrogen (secondary N) is 1. The first-order valence-electron chi connectivity index (χ1n) is 7.15. The van der Waals surface area contributed by atoms with Gasteiger partial charge in [-0.2, -0.15) is 0 Å². The molecule has 0 aliphatic heterocycles. The van der Waals surface area contributed by atoms with Gasteiger partial charge in [0.25, 0.3) is 10.0 Å². The van der Waals surface area contributed by atoms with E-state index in [1.807, 2.05) is 0 Å². The summed E-state index contributed by atoms with van der Waals surface area (Å²) >= 11 is 6.68. The van der Waals surface area contributed by atoms with Gasteiger partial charge in [-0.05, 0) is 37.1 Å². The third kappa shape index (κ3) is 3.55. The van der Waals surface area contributed by atoms with Crippen molar-refractivity contribution in [1.82, 2.24) is 0 Å². The summed E-state index contributed by atoms with van der Waals surface area (Å²) in [7, 11) is -3.92. The van der Waals surface area contributed by atoms with Crippen molar-refractivity contribution in [2.24, 2.45) is 0 Å². The normalized spacial score (nSPS) is 14.5. The molecule has 24 heavy (non-hydrogen) atoms. The Kier molecular flexibility index (Phi) is 4.54. The van der Waals surface area contributed by atoms with Crippen LogP contribution in [0.5, 0.6) is 0 Å². The number of benzene rings is 1. The van der Waals surface area contributed by atoms with E-state index >= 15 is 0 Å². The molecule has 1 amide bonds. The topological polar surface area (TPSA) is 66.5 Å². The lowest BCUT2D eigenvalue weighted by Gasteiger charge is -2.24. The van der Waals surface area contributed by atoms with Crippen molar-refractivity contribution < 1.29 is 17.6 Å². The molecule has 1 saturated carbocycles. The summed E-state index contributed by atoms with van der Waals surface area (Å²) in [5.74, 6) is -0.816. The Morgan fingerprint density at radius 2 is 2.04 bits per heavy atom. The highest BCUT2D eigenvalue weighted by Gasteiger charge is 2.34. The number of carbonyl (C=O) groups excluding carboxylic acids is 1. The average Bonchev–Trinajstić information content (AvgIpc) is 3.20. The van der Waals surface area contributed by atoms with Crippen LogP contribution in [0.2, 0.25) is 4.34 Å². The predicted molar refractivity (Wildman–Crippen MR) is 92.7 cm³/mol. The van der Waals surface area contributed by atoms with Gasteiger partial charge in [0.15, 0.2) is 0 Å². The Hall–Kier alpha value is -1.64. The van der Waals surface area contributed by atoms with E-state index in [0.29, 0.717) is 10.0 Å². The van der Waals surface area contributed by atoms with Gasteiger partial charge in [-0.1, -0.05) is 11.6 Å². The highest BCUT2D eigenvalue weighted by Crippen LogP contribution is 2.37. The quantitative estimate of drug-likeness (QED) is 0.845. The number of sulfonamides is 1. The van der Waals surface area contributed by atoms with Crippen molar-refractivity contribution in [3.05, 3.63) is 40.5 Å². The molecule has 0 atom stereocenters. The molecule has 0 radical (unpaired) electrons. The summed E-state index contributed by atoms with van der Waals surface area (Å²) in [6.07, 6.45) is 1.67. The maximum absolute atomic E-state index is 13.7. The summed E-state index contributed by atoms with van der Waals surface area (Å²) in [5, 5.41) is 0. The number of halogens is 2. The van der Waals surface area contributed by atoms with Crippen LogP contribution in [0.3, 0.4) is 0 Å². The first-order chi connectivity index (χ1) is 11.3. The van der Waals surface area contributed by atoms with Crippen LogP contribution in [0.4, 0.5) is 15.8 Å². The van der Waals surface area contributed by atoms with Crippen molar-refractivity contribution in [2.45, 2.75) is 30.0 Å². The lowest BCUT2D eigenvalue weighted by molar-refractivity contribution is -0.116. The fraction of sp³-hybridized carbons (Fsp3) is 0.267. The zero-order chi connectivity index (χ0) is 17.5. The summed E-state index contributed by atoms with van der Waals surface area (Å²) in [4.78, 5) is 13.4. The third-order valence-corrected chi connectivity index (χ3v) is 6.62. The molecule has 1 aromatic heterocycles. The molecular formula is C15H14ClFN2O3S2. The average molecular weight is 389 g/mol. The second-order valence-corrected chi connectivity index (χ2v) is 9.07. The molecule has 128 valence electrons. The standard InChI is InChI=1S/C15H14ClFN2O3S2/c1-9(20)19(11-3-4-11)13-5-2-10(17)8-12(13)18-24(21,22)15-7-6-14(16)23-15/h2,5-8,11,18H,3-4H2,1H3. The van der Waals surface area contributed by atoms with E-state index in [0.717, 1.165) is 30.2 Å². The molecule has 1 aliphatic carbocycles. The molecule has 1 aliphatic rings. The second kappa shape index (κ2) is 6.34. The molecular weight excluding hydrogens is 375 g/mol. The van der Waals surface area contributed by atoms with Crippen molar-refractivity contribution in [3.63, 3.8) is 0 Å². The Morgan fingerprint density at radius 1 is 1.33 bits per heavy atom. The molecule has 5 nitrogen and oxygen atoms in total. The third-order valence-electron chi connectivity index (χ3n) is 3.53. The smallest absolute Gasteiger partial charge is 0.271 e. The van der Waals surface area contributed by atoms with Gasteiger partial charge in [0.05, 0.1) is 15.7 Å². The second-order valence-electron chi connectivity index (χ2n) is 5.45. The SMILES string of the molecule is CC(=O)N(c1ccc(F)cc1NS(=O)(=O)c1ccc(Cl)s1)C1CC1. The molecule has 0 bridgehead atoms. The van der Waals surface area contributed by atoms with E-state index in [1.54, 1.807) is 0 Å². The Bertz CT molecular complexity index is 894. The Balaban J connectivity index is 2.01. The summed E-state index contributed by atoms with van der Waals surface area (Å²) in [6.45, 7) is 1.40. The lowest BCUT2D eigenvalue weighted by Crippen LogP contribution is -2.31. The number of rotatable bonds is 5. The van der Waals surface area contributed by atoms with Crippen LogP contribution in [0.25, 0.3) is 0 Å². The minimum absolute atomic E-state index is 0.0171. The van der Waals surface area contributed by atoms with Gasteiger partial charge in [-0.25, -0.2) is 12.8 Å². The molecule has 2 aromatic rings. The number of nitrogens with zero attached hydrogens (tertiary/aromatic N) is 1. The van der Waals surface area contributed by atoms with Gasteiger partial charge in [-0.3, -0.25) is 9.52 Å². The van der Waals surface area contributed by atoms with E-state index in [-0.39, 0.29) is 21.8 Å². The van der Waals surface area contributed by atoms with E-state index in [9.17, 15) is 17.6 Å². The van der Waals surface area contributed by atoms with Crippen LogP contribution in [-0.4, -0.2) is 20.4 Å². The van der Waals surface area contributed by atoms with Crippen LogP contribution in [0, 0.1) is 5.82 Å². The van der Waals surface area contributed by atoms with Crippen LogP contribution < -0.4 is 9.62 Å². The van der Waals surface area contributed by atoms with Crippen LogP contribution in [-0.2, 0) is 14.8 Å². The predicted octanol–water partition coefficient (Wildman–Crippen LogP) is 3.86. The highest BCUT2D eigenvalue weighted by atomic mass is 35.5. The van der Waals surface area contributed by atoms with Gasteiger partial charge >= 0.3 is 0 Å². The van der Waals surface area contributed by atoms with Gasteiger partial charge in [0, 0.05) is 19.0 Å². The highest BCUT2D eigenvalue weighted by molar-refractivity contribution is 7.94. The first-order valence-corrected chi connectivity index (χ1v) is 9.83. The molecule has 3 rings (SSSR count). The molecule has 1 fully saturated rings. The number of carbonyl (C=O) groups is 1. The zero-order valence-corrected chi connectivity index (χ0v) is 15.0. The number of hydrogen-bond donors (Lipinski definition) is 1. The van der Waals surface area contributed by atoms with E-state index in [4.69, 9.17) is 11.6 Å². The Labute approximate surface area is 148 Å². The molecule has 0 unspecified atom stereocenters.